The number of rotatable bonds is 5. The molecule has 12 heteroatoms. The van der Waals surface area contributed by atoms with Gasteiger partial charge in [-0.05, 0) is 30.7 Å². The highest BCUT2D eigenvalue weighted by molar-refractivity contribution is 7.89. The predicted molar refractivity (Wildman–Crippen MR) is 126 cm³/mol. The summed E-state index contributed by atoms with van der Waals surface area (Å²) in [5.74, 6) is -1.52. The molecule has 0 spiro atoms. The second-order valence-electron chi connectivity index (χ2n) is 8.92. The van der Waals surface area contributed by atoms with Crippen molar-refractivity contribution in [1.29, 1.82) is 0 Å². The molecular formula is C24H25FN4O6S. The van der Waals surface area contributed by atoms with E-state index < -0.39 is 33.7 Å². The molecule has 3 aliphatic heterocycles. The second kappa shape index (κ2) is 9.17. The zero-order valence-corrected chi connectivity index (χ0v) is 20.4. The molecule has 1 N–H and O–H groups in total. The van der Waals surface area contributed by atoms with E-state index in [2.05, 4.69) is 5.32 Å². The number of piperazine rings is 1. The first-order chi connectivity index (χ1) is 17.2. The number of amides is 3. The molecule has 2 aromatic carbocycles. The molecule has 36 heavy (non-hydrogen) atoms. The monoisotopic (exact) mass is 516 g/mol. The largest absolute Gasteiger partial charge is 0.497 e. The van der Waals surface area contributed by atoms with E-state index in [9.17, 15) is 27.2 Å². The average molecular weight is 517 g/mol. The van der Waals surface area contributed by atoms with E-state index in [1.165, 1.54) is 34.5 Å². The van der Waals surface area contributed by atoms with E-state index in [0.717, 1.165) is 6.07 Å². The van der Waals surface area contributed by atoms with Crippen molar-refractivity contribution in [3.63, 3.8) is 0 Å². The number of carbonyl (C=O) groups is 3. The fraction of sp³-hybridized carbons (Fsp3) is 0.375. The fourth-order valence-corrected chi connectivity index (χ4v) is 6.43. The highest BCUT2D eigenvalue weighted by Crippen LogP contribution is 2.36. The van der Waals surface area contributed by atoms with Crippen LogP contribution in [0, 0.1) is 5.82 Å². The van der Waals surface area contributed by atoms with Gasteiger partial charge in [-0.1, -0.05) is 6.07 Å². The Morgan fingerprint density at radius 1 is 1.06 bits per heavy atom. The third-order valence-corrected chi connectivity index (χ3v) is 8.75. The van der Waals surface area contributed by atoms with Gasteiger partial charge < -0.3 is 14.5 Å². The van der Waals surface area contributed by atoms with Gasteiger partial charge in [0.15, 0.2) is 0 Å². The number of nitrogens with zero attached hydrogens (tertiary/aromatic N) is 3. The highest BCUT2D eigenvalue weighted by atomic mass is 32.2. The zero-order chi connectivity index (χ0) is 25.6. The summed E-state index contributed by atoms with van der Waals surface area (Å²) in [7, 11) is -2.28. The van der Waals surface area contributed by atoms with E-state index in [0.29, 0.717) is 30.1 Å². The number of fused-ring (bicyclic) bond motifs is 1. The Labute approximate surface area is 207 Å². The number of imide groups is 1. The number of hydrogen-bond donors (Lipinski definition) is 1. The highest BCUT2D eigenvalue weighted by Gasteiger charge is 2.41. The minimum Gasteiger partial charge on any atom is -0.497 e. The van der Waals surface area contributed by atoms with Crippen LogP contribution in [0.5, 0.6) is 5.75 Å². The lowest BCUT2D eigenvalue weighted by molar-refractivity contribution is -0.136. The van der Waals surface area contributed by atoms with Crippen LogP contribution in [0.15, 0.2) is 41.3 Å². The van der Waals surface area contributed by atoms with Gasteiger partial charge in [0.1, 0.15) is 17.6 Å². The standard InChI is InChI=1S/C24H25FN4O6S/c1-35-16-3-2-4-17(13-16)36(33,34)28-9-7-27(8-10-28)21-12-15(25)11-18-19(21)14-29(24(18)32)20-5-6-22(30)26-23(20)31/h2-4,11-13,20H,5-10,14H2,1H3,(H,26,30,31). The van der Waals surface area contributed by atoms with Crippen molar-refractivity contribution in [3.8, 4) is 5.75 Å². The van der Waals surface area contributed by atoms with Crippen molar-refractivity contribution in [2.24, 2.45) is 0 Å². The van der Waals surface area contributed by atoms with Crippen molar-refractivity contribution in [1.82, 2.24) is 14.5 Å². The van der Waals surface area contributed by atoms with Crippen molar-refractivity contribution >= 4 is 33.4 Å². The van der Waals surface area contributed by atoms with Gasteiger partial charge in [0, 0.05) is 62.0 Å². The maximum Gasteiger partial charge on any atom is 0.255 e. The molecule has 2 aromatic rings. The van der Waals surface area contributed by atoms with Gasteiger partial charge in [0.05, 0.1) is 12.0 Å². The molecule has 0 aliphatic carbocycles. The zero-order valence-electron chi connectivity index (χ0n) is 19.6. The Morgan fingerprint density at radius 3 is 2.50 bits per heavy atom. The lowest BCUT2D eigenvalue weighted by Gasteiger charge is -2.36. The summed E-state index contributed by atoms with van der Waals surface area (Å²) in [5.41, 5.74) is 1.28. The van der Waals surface area contributed by atoms with E-state index in [-0.39, 0.29) is 48.8 Å². The number of piperidine rings is 1. The number of sulfonamides is 1. The normalized spacial score (nSPS) is 20.9. The van der Waals surface area contributed by atoms with Gasteiger partial charge in [-0.2, -0.15) is 4.31 Å². The molecule has 0 bridgehead atoms. The quantitative estimate of drug-likeness (QED) is 0.592. The van der Waals surface area contributed by atoms with Gasteiger partial charge in [-0.25, -0.2) is 12.8 Å². The smallest absolute Gasteiger partial charge is 0.255 e. The number of anilines is 1. The molecule has 3 amide bonds. The van der Waals surface area contributed by atoms with E-state index in [4.69, 9.17) is 4.74 Å². The Morgan fingerprint density at radius 2 is 1.81 bits per heavy atom. The molecule has 3 heterocycles. The Kier molecular flexibility index (Phi) is 6.17. The van der Waals surface area contributed by atoms with E-state index in [1.807, 2.05) is 4.90 Å². The third-order valence-electron chi connectivity index (χ3n) is 6.86. The molecule has 5 rings (SSSR count). The number of nitrogens with one attached hydrogen (secondary N) is 1. The van der Waals surface area contributed by atoms with Crippen molar-refractivity contribution in [2.45, 2.75) is 30.3 Å². The van der Waals surface area contributed by atoms with Crippen molar-refractivity contribution in [2.75, 3.05) is 38.2 Å². The number of methoxy groups -OCH3 is 1. The number of ether oxygens (including phenoxy) is 1. The van der Waals surface area contributed by atoms with Gasteiger partial charge in [0.2, 0.25) is 21.8 Å². The third kappa shape index (κ3) is 4.20. The number of benzene rings is 2. The summed E-state index contributed by atoms with van der Waals surface area (Å²) in [6.07, 6.45) is 0.338. The van der Waals surface area contributed by atoms with Crippen molar-refractivity contribution in [3.05, 3.63) is 53.3 Å². The van der Waals surface area contributed by atoms with Crippen LogP contribution < -0.4 is 15.0 Å². The van der Waals surface area contributed by atoms with Gasteiger partial charge in [-0.15, -0.1) is 0 Å². The van der Waals surface area contributed by atoms with Crippen LogP contribution in [0.2, 0.25) is 0 Å². The maximum absolute atomic E-state index is 14.6. The SMILES string of the molecule is COc1cccc(S(=O)(=O)N2CCN(c3cc(F)cc4c3CN(C3CCC(=O)NC3=O)C4=O)CC2)c1. The Hall–Kier alpha value is -3.51. The number of hydrogen-bond acceptors (Lipinski definition) is 7. The van der Waals surface area contributed by atoms with Crippen molar-refractivity contribution < 1.29 is 31.9 Å². The fourth-order valence-electron chi connectivity index (χ4n) is 4.97. The predicted octanol–water partition coefficient (Wildman–Crippen LogP) is 1.11. The summed E-state index contributed by atoms with van der Waals surface area (Å²) in [5, 5.41) is 2.26. The van der Waals surface area contributed by atoms with E-state index in [1.54, 1.807) is 12.1 Å². The van der Waals surface area contributed by atoms with Crippen LogP contribution in [0.1, 0.15) is 28.8 Å². The number of carbonyl (C=O) groups excluding carboxylic acids is 3. The first-order valence-electron chi connectivity index (χ1n) is 11.6. The summed E-state index contributed by atoms with van der Waals surface area (Å²) in [4.78, 5) is 40.3. The summed E-state index contributed by atoms with van der Waals surface area (Å²) in [6.45, 7) is 1.06. The molecule has 0 radical (unpaired) electrons. The number of halogens is 1. The second-order valence-corrected chi connectivity index (χ2v) is 10.9. The molecule has 0 aromatic heterocycles. The molecule has 2 fully saturated rings. The first-order valence-corrected chi connectivity index (χ1v) is 13.0. The lowest BCUT2D eigenvalue weighted by Crippen LogP contribution is -2.52. The first kappa shape index (κ1) is 24.2. The topological polar surface area (TPSA) is 116 Å². The molecule has 1 atom stereocenters. The Bertz CT molecular complexity index is 1360. The minimum absolute atomic E-state index is 0.110. The molecular weight excluding hydrogens is 491 g/mol. The molecule has 2 saturated heterocycles. The van der Waals surface area contributed by atoms with Crippen LogP contribution in [0.25, 0.3) is 0 Å². The van der Waals surface area contributed by atoms with Crippen LogP contribution in [-0.2, 0) is 26.2 Å². The van der Waals surface area contributed by atoms with Crippen LogP contribution in [0.3, 0.4) is 0 Å². The van der Waals surface area contributed by atoms with Gasteiger partial charge in [-0.3, -0.25) is 19.7 Å². The van der Waals surface area contributed by atoms with Crippen LogP contribution >= 0.6 is 0 Å². The molecule has 3 aliphatic rings. The van der Waals surface area contributed by atoms with Gasteiger partial charge >= 0.3 is 0 Å². The average Bonchev–Trinajstić information content (AvgIpc) is 3.19. The van der Waals surface area contributed by atoms with Crippen LogP contribution in [0.4, 0.5) is 10.1 Å². The minimum atomic E-state index is -3.74. The summed E-state index contributed by atoms with van der Waals surface area (Å²) >= 11 is 0. The lowest BCUT2D eigenvalue weighted by atomic mass is 10.0. The molecule has 1 unspecified atom stereocenters. The molecule has 10 nitrogen and oxygen atoms in total. The maximum atomic E-state index is 14.6. The summed E-state index contributed by atoms with van der Waals surface area (Å²) in [6, 6.07) is 7.96. The molecule has 0 saturated carbocycles. The molecule has 190 valence electrons. The van der Waals surface area contributed by atoms with Gasteiger partial charge in [0.25, 0.3) is 5.91 Å². The summed E-state index contributed by atoms with van der Waals surface area (Å²) < 4.78 is 47.3. The van der Waals surface area contributed by atoms with Crippen LogP contribution in [-0.4, -0.2) is 74.7 Å². The Balaban J connectivity index is 1.35. The van der Waals surface area contributed by atoms with E-state index >= 15 is 0 Å².